The number of rotatable bonds is 3. The predicted octanol–water partition coefficient (Wildman–Crippen LogP) is 3.71. The molecule has 2 rings (SSSR count). The van der Waals surface area contributed by atoms with Crippen molar-refractivity contribution in [2.24, 2.45) is 0 Å². The fraction of sp³-hybridized carbons (Fsp3) is 0.143. The summed E-state index contributed by atoms with van der Waals surface area (Å²) >= 11 is 5.47. The van der Waals surface area contributed by atoms with E-state index in [4.69, 9.17) is 16.3 Å². The van der Waals surface area contributed by atoms with Crippen LogP contribution in [-0.4, -0.2) is 12.2 Å². The molecular weight excluding hydrogens is 274 g/mol. The summed E-state index contributed by atoms with van der Waals surface area (Å²) < 4.78 is 32.1. The number of aliphatic hydroxyl groups excluding tert-OH is 1. The van der Waals surface area contributed by atoms with Gasteiger partial charge in [0.15, 0.2) is 0 Å². The van der Waals surface area contributed by atoms with Crippen LogP contribution >= 0.6 is 11.6 Å². The Hall–Kier alpha value is -1.65. The maximum Gasteiger partial charge on any atom is 0.142 e. The van der Waals surface area contributed by atoms with Gasteiger partial charge in [-0.2, -0.15) is 0 Å². The van der Waals surface area contributed by atoms with Crippen molar-refractivity contribution in [1.82, 2.24) is 0 Å². The van der Waals surface area contributed by atoms with Crippen LogP contribution < -0.4 is 4.74 Å². The minimum Gasteiger partial charge on any atom is -0.497 e. The highest BCUT2D eigenvalue weighted by atomic mass is 35.5. The van der Waals surface area contributed by atoms with E-state index in [-0.39, 0.29) is 10.6 Å². The third-order valence-corrected chi connectivity index (χ3v) is 3.03. The van der Waals surface area contributed by atoms with Crippen LogP contribution in [0.25, 0.3) is 0 Å². The first-order chi connectivity index (χ1) is 9.02. The van der Waals surface area contributed by atoms with E-state index in [0.29, 0.717) is 11.3 Å². The Labute approximate surface area is 114 Å². The fourth-order valence-corrected chi connectivity index (χ4v) is 1.89. The molecule has 0 saturated heterocycles. The standard InChI is InChI=1S/C14H11ClF2O2/c1-19-9-4-2-3-8(5-9)14(18)10-6-13(17)11(15)7-12(10)16/h2-7,14,18H,1H3. The Morgan fingerprint density at radius 1 is 1.16 bits per heavy atom. The number of halogens is 3. The van der Waals surface area contributed by atoms with Crippen LogP contribution in [0.4, 0.5) is 8.78 Å². The molecule has 2 aromatic carbocycles. The Kier molecular flexibility index (Phi) is 4.02. The largest absolute Gasteiger partial charge is 0.497 e. The number of hydrogen-bond acceptors (Lipinski definition) is 2. The summed E-state index contributed by atoms with van der Waals surface area (Å²) in [6, 6.07) is 8.23. The molecule has 5 heteroatoms. The molecule has 0 aliphatic carbocycles. The molecule has 0 spiro atoms. The lowest BCUT2D eigenvalue weighted by molar-refractivity contribution is 0.214. The van der Waals surface area contributed by atoms with Gasteiger partial charge in [0.05, 0.1) is 12.1 Å². The molecule has 0 heterocycles. The van der Waals surface area contributed by atoms with E-state index < -0.39 is 17.7 Å². The van der Waals surface area contributed by atoms with E-state index in [9.17, 15) is 13.9 Å². The van der Waals surface area contributed by atoms with Gasteiger partial charge in [-0.25, -0.2) is 8.78 Å². The minimum atomic E-state index is -1.29. The van der Waals surface area contributed by atoms with Crippen LogP contribution in [0.1, 0.15) is 17.2 Å². The molecular formula is C14H11ClF2O2. The monoisotopic (exact) mass is 284 g/mol. The van der Waals surface area contributed by atoms with Crippen molar-refractivity contribution in [3.8, 4) is 5.75 Å². The summed E-state index contributed by atoms with van der Waals surface area (Å²) in [5.41, 5.74) is 0.232. The van der Waals surface area contributed by atoms with Crippen molar-refractivity contribution in [2.45, 2.75) is 6.10 Å². The molecule has 0 aliphatic rings. The van der Waals surface area contributed by atoms with Crippen molar-refractivity contribution in [3.05, 3.63) is 64.2 Å². The highest BCUT2D eigenvalue weighted by Gasteiger charge is 2.18. The van der Waals surface area contributed by atoms with Crippen LogP contribution in [0.5, 0.6) is 5.75 Å². The van der Waals surface area contributed by atoms with Crippen LogP contribution in [0.15, 0.2) is 36.4 Å². The van der Waals surface area contributed by atoms with Crippen LogP contribution in [0.2, 0.25) is 5.02 Å². The van der Waals surface area contributed by atoms with Crippen molar-refractivity contribution < 1.29 is 18.6 Å². The molecule has 0 amide bonds. The lowest BCUT2D eigenvalue weighted by Gasteiger charge is -2.14. The Morgan fingerprint density at radius 3 is 2.58 bits per heavy atom. The van der Waals surface area contributed by atoms with Crippen LogP contribution in [0.3, 0.4) is 0 Å². The van der Waals surface area contributed by atoms with Gasteiger partial charge in [0.2, 0.25) is 0 Å². The first-order valence-electron chi connectivity index (χ1n) is 5.49. The summed E-state index contributed by atoms with van der Waals surface area (Å²) in [6.45, 7) is 0. The number of hydrogen-bond donors (Lipinski definition) is 1. The Balaban J connectivity index is 2.43. The van der Waals surface area contributed by atoms with Gasteiger partial charge >= 0.3 is 0 Å². The normalized spacial score (nSPS) is 12.3. The van der Waals surface area contributed by atoms with E-state index in [1.165, 1.54) is 7.11 Å². The second-order valence-electron chi connectivity index (χ2n) is 3.97. The number of ether oxygens (including phenoxy) is 1. The van der Waals surface area contributed by atoms with Gasteiger partial charge in [-0.15, -0.1) is 0 Å². The molecule has 0 fully saturated rings. The van der Waals surface area contributed by atoms with Gasteiger partial charge in [-0.1, -0.05) is 23.7 Å². The van der Waals surface area contributed by atoms with Gasteiger partial charge in [-0.05, 0) is 29.8 Å². The zero-order valence-electron chi connectivity index (χ0n) is 10.0. The molecule has 0 aromatic heterocycles. The molecule has 2 aromatic rings. The fourth-order valence-electron chi connectivity index (χ4n) is 1.74. The molecule has 0 radical (unpaired) electrons. The zero-order chi connectivity index (χ0) is 14.0. The Morgan fingerprint density at radius 2 is 1.89 bits per heavy atom. The van der Waals surface area contributed by atoms with Crippen molar-refractivity contribution >= 4 is 11.6 Å². The van der Waals surface area contributed by atoms with Gasteiger partial charge in [0.1, 0.15) is 23.5 Å². The highest BCUT2D eigenvalue weighted by molar-refractivity contribution is 6.30. The molecule has 0 bridgehead atoms. The average molecular weight is 285 g/mol. The first-order valence-corrected chi connectivity index (χ1v) is 5.87. The van der Waals surface area contributed by atoms with E-state index >= 15 is 0 Å². The van der Waals surface area contributed by atoms with Gasteiger partial charge in [0.25, 0.3) is 0 Å². The van der Waals surface area contributed by atoms with E-state index in [0.717, 1.165) is 12.1 Å². The van der Waals surface area contributed by atoms with E-state index in [1.807, 2.05) is 0 Å². The maximum absolute atomic E-state index is 13.7. The topological polar surface area (TPSA) is 29.5 Å². The van der Waals surface area contributed by atoms with Crippen LogP contribution in [-0.2, 0) is 0 Å². The van der Waals surface area contributed by atoms with E-state index in [2.05, 4.69) is 0 Å². The SMILES string of the molecule is COc1cccc(C(O)c2cc(F)c(Cl)cc2F)c1. The van der Waals surface area contributed by atoms with Crippen molar-refractivity contribution in [3.63, 3.8) is 0 Å². The molecule has 1 N–H and O–H groups in total. The molecule has 0 saturated carbocycles. The third kappa shape index (κ3) is 2.85. The summed E-state index contributed by atoms with van der Waals surface area (Å²) in [5.74, 6) is -1.02. The summed E-state index contributed by atoms with van der Waals surface area (Å²) in [4.78, 5) is 0. The number of benzene rings is 2. The average Bonchev–Trinajstić information content (AvgIpc) is 2.42. The smallest absolute Gasteiger partial charge is 0.142 e. The summed E-state index contributed by atoms with van der Waals surface area (Å²) in [5, 5.41) is 9.78. The summed E-state index contributed by atoms with van der Waals surface area (Å²) in [7, 11) is 1.48. The zero-order valence-corrected chi connectivity index (χ0v) is 10.8. The number of aliphatic hydroxyl groups is 1. The number of methoxy groups -OCH3 is 1. The third-order valence-electron chi connectivity index (χ3n) is 2.74. The molecule has 2 nitrogen and oxygen atoms in total. The molecule has 1 atom stereocenters. The highest BCUT2D eigenvalue weighted by Crippen LogP contribution is 2.29. The summed E-state index contributed by atoms with van der Waals surface area (Å²) in [6.07, 6.45) is -1.29. The molecule has 19 heavy (non-hydrogen) atoms. The quantitative estimate of drug-likeness (QED) is 0.871. The van der Waals surface area contributed by atoms with Crippen molar-refractivity contribution in [1.29, 1.82) is 0 Å². The van der Waals surface area contributed by atoms with E-state index in [1.54, 1.807) is 24.3 Å². The lowest BCUT2D eigenvalue weighted by atomic mass is 10.0. The lowest BCUT2D eigenvalue weighted by Crippen LogP contribution is -2.04. The first kappa shape index (κ1) is 13.8. The second kappa shape index (κ2) is 5.55. The van der Waals surface area contributed by atoms with Gasteiger partial charge in [-0.3, -0.25) is 0 Å². The second-order valence-corrected chi connectivity index (χ2v) is 4.37. The van der Waals surface area contributed by atoms with Crippen LogP contribution in [0, 0.1) is 11.6 Å². The molecule has 100 valence electrons. The Bertz CT molecular complexity index is 602. The van der Waals surface area contributed by atoms with Crippen molar-refractivity contribution in [2.75, 3.05) is 7.11 Å². The maximum atomic E-state index is 13.7. The predicted molar refractivity (Wildman–Crippen MR) is 68.4 cm³/mol. The van der Waals surface area contributed by atoms with Gasteiger partial charge in [0, 0.05) is 5.56 Å². The van der Waals surface area contributed by atoms with Gasteiger partial charge < -0.3 is 9.84 Å². The molecule has 1 unspecified atom stereocenters. The molecule has 0 aliphatic heterocycles. The minimum absolute atomic E-state index is 0.171.